The zero-order valence-electron chi connectivity index (χ0n) is 10.7. The number of amides is 1. The standard InChI is InChI=1S/C12H14N4O3S/c17-10(7-16-6-2-5-13-16)15-12-14-9(8-20-12)3-1-4-11(18)19/h2,5-6,8H,1,3-4,7H2,(H,18,19)(H,14,15,17). The van der Waals surface area contributed by atoms with Crippen molar-refractivity contribution < 1.29 is 14.7 Å². The number of carbonyl (C=O) groups is 2. The van der Waals surface area contributed by atoms with E-state index in [0.717, 1.165) is 5.69 Å². The number of hydrogen-bond acceptors (Lipinski definition) is 5. The van der Waals surface area contributed by atoms with Gasteiger partial charge in [-0.05, 0) is 18.9 Å². The van der Waals surface area contributed by atoms with E-state index in [1.807, 2.05) is 5.38 Å². The van der Waals surface area contributed by atoms with Crippen LogP contribution in [0.15, 0.2) is 23.8 Å². The van der Waals surface area contributed by atoms with Crippen molar-refractivity contribution in [3.63, 3.8) is 0 Å². The van der Waals surface area contributed by atoms with Crippen LogP contribution in [0.2, 0.25) is 0 Å². The lowest BCUT2D eigenvalue weighted by molar-refractivity contribution is -0.137. The number of nitrogens with one attached hydrogen (secondary N) is 1. The molecule has 1 amide bonds. The lowest BCUT2D eigenvalue weighted by Gasteiger charge is -2.01. The number of carbonyl (C=O) groups excluding carboxylic acids is 1. The Morgan fingerprint density at radius 2 is 2.30 bits per heavy atom. The van der Waals surface area contributed by atoms with Gasteiger partial charge in [-0.3, -0.25) is 14.3 Å². The van der Waals surface area contributed by atoms with Crippen molar-refractivity contribution in [3.05, 3.63) is 29.5 Å². The summed E-state index contributed by atoms with van der Waals surface area (Å²) in [5, 5.41) is 17.5. The van der Waals surface area contributed by atoms with Crippen LogP contribution in [-0.2, 0) is 22.6 Å². The fraction of sp³-hybridized carbons (Fsp3) is 0.333. The van der Waals surface area contributed by atoms with E-state index in [4.69, 9.17) is 5.11 Å². The molecular formula is C12H14N4O3S. The van der Waals surface area contributed by atoms with Crippen LogP contribution in [0.5, 0.6) is 0 Å². The minimum Gasteiger partial charge on any atom is -0.481 e. The second kappa shape index (κ2) is 6.80. The number of thiazole rings is 1. The van der Waals surface area contributed by atoms with Gasteiger partial charge >= 0.3 is 5.97 Å². The van der Waals surface area contributed by atoms with Crippen LogP contribution in [0, 0.1) is 0 Å². The van der Waals surface area contributed by atoms with E-state index in [-0.39, 0.29) is 18.9 Å². The molecule has 0 fully saturated rings. The first kappa shape index (κ1) is 14.2. The summed E-state index contributed by atoms with van der Waals surface area (Å²) in [6, 6.07) is 1.75. The topological polar surface area (TPSA) is 97.1 Å². The molecule has 20 heavy (non-hydrogen) atoms. The molecule has 0 bridgehead atoms. The summed E-state index contributed by atoms with van der Waals surface area (Å²) >= 11 is 1.33. The summed E-state index contributed by atoms with van der Waals surface area (Å²) < 4.78 is 1.52. The van der Waals surface area contributed by atoms with Gasteiger partial charge in [-0.25, -0.2) is 4.98 Å². The fourth-order valence-corrected chi connectivity index (χ4v) is 2.36. The molecule has 0 aliphatic carbocycles. The van der Waals surface area contributed by atoms with Crippen molar-refractivity contribution in [2.45, 2.75) is 25.8 Å². The molecule has 0 saturated heterocycles. The second-order valence-corrected chi connectivity index (χ2v) is 5.00. The van der Waals surface area contributed by atoms with Gasteiger partial charge in [-0.15, -0.1) is 11.3 Å². The number of hydrogen-bond donors (Lipinski definition) is 2. The highest BCUT2D eigenvalue weighted by atomic mass is 32.1. The van der Waals surface area contributed by atoms with Crippen molar-refractivity contribution in [2.24, 2.45) is 0 Å². The maximum absolute atomic E-state index is 11.7. The maximum atomic E-state index is 11.7. The summed E-state index contributed by atoms with van der Waals surface area (Å²) in [6.07, 6.45) is 4.58. The number of aromatic nitrogens is 3. The molecule has 0 spiro atoms. The summed E-state index contributed by atoms with van der Waals surface area (Å²) in [7, 11) is 0. The molecule has 2 N–H and O–H groups in total. The number of carboxylic acids is 1. The van der Waals surface area contributed by atoms with Crippen LogP contribution >= 0.6 is 11.3 Å². The predicted octanol–water partition coefficient (Wildman–Crippen LogP) is 1.39. The number of nitrogens with zero attached hydrogens (tertiary/aromatic N) is 3. The molecule has 0 atom stereocenters. The molecule has 2 aromatic rings. The van der Waals surface area contributed by atoms with Crippen molar-refractivity contribution in [1.29, 1.82) is 0 Å². The van der Waals surface area contributed by atoms with Crippen LogP contribution in [0.25, 0.3) is 0 Å². The predicted molar refractivity (Wildman–Crippen MR) is 73.5 cm³/mol. The molecule has 0 aliphatic heterocycles. The van der Waals surface area contributed by atoms with E-state index < -0.39 is 5.97 Å². The number of carboxylic acid groups (broad SMARTS) is 1. The minimum atomic E-state index is -0.812. The monoisotopic (exact) mass is 294 g/mol. The molecule has 0 radical (unpaired) electrons. The summed E-state index contributed by atoms with van der Waals surface area (Å²) in [6.45, 7) is 0.140. The Morgan fingerprint density at radius 3 is 3.00 bits per heavy atom. The summed E-state index contributed by atoms with van der Waals surface area (Å²) in [4.78, 5) is 26.4. The van der Waals surface area contributed by atoms with Gasteiger partial charge < -0.3 is 10.4 Å². The van der Waals surface area contributed by atoms with E-state index in [0.29, 0.717) is 18.0 Å². The Bertz CT molecular complexity index is 579. The van der Waals surface area contributed by atoms with Gasteiger partial charge in [0.05, 0.1) is 5.69 Å². The molecule has 0 saturated carbocycles. The third-order valence-corrected chi connectivity index (χ3v) is 3.29. The number of aliphatic carboxylic acids is 1. The zero-order chi connectivity index (χ0) is 14.4. The number of anilines is 1. The zero-order valence-corrected chi connectivity index (χ0v) is 11.5. The highest BCUT2D eigenvalue weighted by molar-refractivity contribution is 7.13. The average Bonchev–Trinajstić information content (AvgIpc) is 3.01. The van der Waals surface area contributed by atoms with Gasteiger partial charge in [0.15, 0.2) is 5.13 Å². The quantitative estimate of drug-likeness (QED) is 0.804. The van der Waals surface area contributed by atoms with Crippen molar-refractivity contribution in [2.75, 3.05) is 5.32 Å². The third-order valence-electron chi connectivity index (χ3n) is 2.49. The van der Waals surface area contributed by atoms with Crippen LogP contribution in [-0.4, -0.2) is 31.7 Å². The van der Waals surface area contributed by atoms with Gasteiger partial charge in [0.2, 0.25) is 5.91 Å². The van der Waals surface area contributed by atoms with E-state index in [1.165, 1.54) is 16.0 Å². The molecule has 2 aromatic heterocycles. The van der Waals surface area contributed by atoms with Gasteiger partial charge in [-0.2, -0.15) is 5.10 Å². The minimum absolute atomic E-state index is 0.124. The molecule has 0 aliphatic rings. The lowest BCUT2D eigenvalue weighted by atomic mass is 10.2. The average molecular weight is 294 g/mol. The smallest absolute Gasteiger partial charge is 0.303 e. The Hall–Kier alpha value is -2.22. The molecule has 7 nitrogen and oxygen atoms in total. The van der Waals surface area contributed by atoms with Crippen LogP contribution in [0.1, 0.15) is 18.5 Å². The SMILES string of the molecule is O=C(O)CCCc1csc(NC(=O)Cn2cccn2)n1. The van der Waals surface area contributed by atoms with Crippen molar-refractivity contribution in [3.8, 4) is 0 Å². The normalized spacial score (nSPS) is 10.4. The molecule has 0 unspecified atom stereocenters. The molecule has 8 heteroatoms. The lowest BCUT2D eigenvalue weighted by Crippen LogP contribution is -2.18. The molecule has 106 valence electrons. The first-order chi connectivity index (χ1) is 9.63. The summed E-state index contributed by atoms with van der Waals surface area (Å²) in [5.74, 6) is -1.01. The van der Waals surface area contributed by atoms with E-state index in [9.17, 15) is 9.59 Å². The Morgan fingerprint density at radius 1 is 1.45 bits per heavy atom. The van der Waals surface area contributed by atoms with E-state index in [1.54, 1.807) is 18.5 Å². The van der Waals surface area contributed by atoms with E-state index in [2.05, 4.69) is 15.4 Å². The number of aryl methyl sites for hydroxylation is 1. The molecule has 0 aromatic carbocycles. The second-order valence-electron chi connectivity index (χ2n) is 4.14. The van der Waals surface area contributed by atoms with Crippen LogP contribution < -0.4 is 5.32 Å². The highest BCUT2D eigenvalue weighted by Gasteiger charge is 2.08. The highest BCUT2D eigenvalue weighted by Crippen LogP contribution is 2.17. The third kappa shape index (κ3) is 4.47. The molecule has 2 heterocycles. The van der Waals surface area contributed by atoms with Gasteiger partial charge in [0.1, 0.15) is 6.54 Å². The van der Waals surface area contributed by atoms with Gasteiger partial charge in [0, 0.05) is 24.2 Å². The van der Waals surface area contributed by atoms with Crippen LogP contribution in [0.3, 0.4) is 0 Å². The number of rotatable bonds is 7. The van der Waals surface area contributed by atoms with Crippen molar-refractivity contribution >= 4 is 28.3 Å². The fourth-order valence-electron chi connectivity index (χ4n) is 1.60. The maximum Gasteiger partial charge on any atom is 0.303 e. The van der Waals surface area contributed by atoms with E-state index >= 15 is 0 Å². The molecular weight excluding hydrogens is 280 g/mol. The summed E-state index contributed by atoms with van der Waals surface area (Å²) in [5.41, 5.74) is 0.797. The Kier molecular flexibility index (Phi) is 4.83. The first-order valence-electron chi connectivity index (χ1n) is 6.07. The van der Waals surface area contributed by atoms with Gasteiger partial charge in [0.25, 0.3) is 0 Å². The first-order valence-corrected chi connectivity index (χ1v) is 6.95. The Labute approximate surface area is 119 Å². The Balaban J connectivity index is 1.80. The largest absolute Gasteiger partial charge is 0.481 e. The van der Waals surface area contributed by atoms with Crippen molar-refractivity contribution in [1.82, 2.24) is 14.8 Å². The van der Waals surface area contributed by atoms with Gasteiger partial charge in [-0.1, -0.05) is 0 Å². The van der Waals surface area contributed by atoms with Crippen LogP contribution in [0.4, 0.5) is 5.13 Å². The molecule has 2 rings (SSSR count).